The van der Waals surface area contributed by atoms with Crippen LogP contribution >= 0.6 is 0 Å². The predicted molar refractivity (Wildman–Crippen MR) is 108 cm³/mol. The number of fused-ring (bicyclic) bond motifs is 1. The third-order valence-corrected chi connectivity index (χ3v) is 4.33. The Labute approximate surface area is 180 Å². The first kappa shape index (κ1) is 22.2. The first-order chi connectivity index (χ1) is 15.3. The fourth-order valence-electron chi connectivity index (χ4n) is 2.77. The Morgan fingerprint density at radius 2 is 1.94 bits per heavy atom. The quantitative estimate of drug-likeness (QED) is 0.263. The summed E-state index contributed by atoms with van der Waals surface area (Å²) in [6.07, 6.45) is 0. The lowest BCUT2D eigenvalue weighted by Gasteiger charge is -2.18. The fraction of sp³-hybridized carbons (Fsp3) is 0.200. The van der Waals surface area contributed by atoms with Crippen molar-refractivity contribution in [2.45, 2.75) is 0 Å². The lowest BCUT2D eigenvalue weighted by atomic mass is 10.1. The van der Waals surface area contributed by atoms with E-state index >= 15 is 0 Å². The maximum Gasteiger partial charge on any atom is 0.325 e. The minimum Gasteiger partial charge on any atom is -0.490 e. The number of nitro groups is 1. The molecule has 0 saturated carbocycles. The van der Waals surface area contributed by atoms with Crippen LogP contribution < -0.4 is 20.1 Å². The second kappa shape index (κ2) is 9.55. The molecule has 2 N–H and O–H groups in total. The van der Waals surface area contributed by atoms with Gasteiger partial charge in [-0.2, -0.15) is 0 Å². The molecule has 12 heteroatoms. The van der Waals surface area contributed by atoms with E-state index in [0.29, 0.717) is 11.4 Å². The second-order valence-electron chi connectivity index (χ2n) is 6.46. The fourth-order valence-corrected chi connectivity index (χ4v) is 2.77. The molecule has 0 radical (unpaired) electrons. The number of rotatable bonds is 8. The van der Waals surface area contributed by atoms with E-state index in [-0.39, 0.29) is 29.4 Å². The molecule has 0 atom stereocenters. The Kier molecular flexibility index (Phi) is 6.63. The van der Waals surface area contributed by atoms with Crippen molar-refractivity contribution >= 4 is 34.9 Å². The highest BCUT2D eigenvalue weighted by Crippen LogP contribution is 2.29. The molecule has 1 aliphatic heterocycles. The molecule has 0 aliphatic carbocycles. The second-order valence-corrected chi connectivity index (χ2v) is 6.46. The number of nitrogens with zero attached hydrogens (tertiary/aromatic N) is 1. The highest BCUT2D eigenvalue weighted by molar-refractivity contribution is 6.02. The molecule has 12 nitrogen and oxygen atoms in total. The number of methoxy groups -OCH3 is 1. The van der Waals surface area contributed by atoms with Crippen LogP contribution in [-0.4, -0.2) is 55.4 Å². The molecule has 166 valence electrons. The molecule has 2 amide bonds. The van der Waals surface area contributed by atoms with Crippen molar-refractivity contribution in [3.63, 3.8) is 0 Å². The minimum atomic E-state index is -0.885. The van der Waals surface area contributed by atoms with Crippen LogP contribution in [0.5, 0.6) is 11.5 Å². The maximum absolute atomic E-state index is 12.2. The Bertz CT molecular complexity index is 1110. The van der Waals surface area contributed by atoms with Gasteiger partial charge in [-0.1, -0.05) is 0 Å². The summed E-state index contributed by atoms with van der Waals surface area (Å²) >= 11 is 0. The third-order valence-electron chi connectivity index (χ3n) is 4.33. The monoisotopic (exact) mass is 443 g/mol. The number of hydrogen-bond donors (Lipinski definition) is 2. The van der Waals surface area contributed by atoms with E-state index in [1.165, 1.54) is 37.4 Å². The molecule has 3 rings (SSSR count). The molecule has 32 heavy (non-hydrogen) atoms. The molecule has 0 bridgehead atoms. The van der Waals surface area contributed by atoms with Crippen LogP contribution in [0.25, 0.3) is 0 Å². The van der Waals surface area contributed by atoms with Crippen molar-refractivity contribution in [2.75, 3.05) is 32.2 Å². The zero-order valence-corrected chi connectivity index (χ0v) is 16.7. The number of nitrogens with one attached hydrogen (secondary N) is 2. The van der Waals surface area contributed by atoms with Gasteiger partial charge in [0, 0.05) is 17.2 Å². The van der Waals surface area contributed by atoms with Crippen LogP contribution in [0.1, 0.15) is 20.7 Å². The maximum atomic E-state index is 12.2. The molecule has 0 unspecified atom stereocenters. The van der Waals surface area contributed by atoms with E-state index in [4.69, 9.17) is 14.2 Å². The summed E-state index contributed by atoms with van der Waals surface area (Å²) in [4.78, 5) is 58.0. The summed E-state index contributed by atoms with van der Waals surface area (Å²) < 4.78 is 14.9. The lowest BCUT2D eigenvalue weighted by molar-refractivity contribution is -0.385. The smallest absolute Gasteiger partial charge is 0.325 e. The molecule has 2 aromatic rings. The number of esters is 1. The summed E-state index contributed by atoms with van der Waals surface area (Å²) in [6, 6.07) is 7.95. The number of benzene rings is 2. The summed E-state index contributed by atoms with van der Waals surface area (Å²) in [5, 5.41) is 15.9. The topological polar surface area (TPSA) is 163 Å². The molecule has 1 aliphatic rings. The van der Waals surface area contributed by atoms with Gasteiger partial charge in [0.15, 0.2) is 24.7 Å². The summed E-state index contributed by atoms with van der Waals surface area (Å²) in [5.74, 6) is -2.12. The van der Waals surface area contributed by atoms with Crippen LogP contribution in [0.4, 0.5) is 11.4 Å². The van der Waals surface area contributed by atoms with Gasteiger partial charge in [0.1, 0.15) is 12.3 Å². The number of ether oxygens (including phenoxy) is 3. The normalized spacial score (nSPS) is 12.0. The van der Waals surface area contributed by atoms with Crippen molar-refractivity contribution in [3.8, 4) is 11.5 Å². The van der Waals surface area contributed by atoms with Crippen LogP contribution in [0.2, 0.25) is 0 Å². The number of Topliss-reactive ketones (excluding diaryl/α,β-unsaturated/α-hetero) is 1. The van der Waals surface area contributed by atoms with E-state index in [9.17, 15) is 29.3 Å². The molecular formula is C20H17N3O9. The predicted octanol–water partition coefficient (Wildman–Crippen LogP) is 1.09. The van der Waals surface area contributed by atoms with Gasteiger partial charge in [-0.25, -0.2) is 0 Å². The van der Waals surface area contributed by atoms with Crippen molar-refractivity contribution in [3.05, 3.63) is 57.6 Å². The molecule has 2 aromatic carbocycles. The molecule has 1 heterocycles. The Balaban J connectivity index is 1.52. The first-order valence-electron chi connectivity index (χ1n) is 9.14. The number of nitro benzene ring substituents is 1. The van der Waals surface area contributed by atoms with Crippen LogP contribution in [0.15, 0.2) is 36.4 Å². The number of carbonyl (C=O) groups is 4. The lowest BCUT2D eigenvalue weighted by Crippen LogP contribution is -2.31. The Morgan fingerprint density at radius 3 is 2.66 bits per heavy atom. The third kappa shape index (κ3) is 5.16. The first-order valence-corrected chi connectivity index (χ1v) is 9.14. The van der Waals surface area contributed by atoms with Gasteiger partial charge in [-0.3, -0.25) is 29.3 Å². The minimum absolute atomic E-state index is 0.0159. The molecule has 0 fully saturated rings. The van der Waals surface area contributed by atoms with Gasteiger partial charge in [0.25, 0.3) is 11.8 Å². The van der Waals surface area contributed by atoms with Gasteiger partial charge >= 0.3 is 11.7 Å². The van der Waals surface area contributed by atoms with Crippen molar-refractivity contribution < 1.29 is 38.3 Å². The largest absolute Gasteiger partial charge is 0.490 e. The van der Waals surface area contributed by atoms with Gasteiger partial charge in [-0.15, -0.1) is 0 Å². The Morgan fingerprint density at radius 1 is 1.19 bits per heavy atom. The highest BCUT2D eigenvalue weighted by Gasteiger charge is 2.20. The van der Waals surface area contributed by atoms with Crippen molar-refractivity contribution in [1.29, 1.82) is 0 Å². The number of hydrogen-bond acceptors (Lipinski definition) is 9. The van der Waals surface area contributed by atoms with Crippen LogP contribution in [0.3, 0.4) is 0 Å². The molecule has 0 spiro atoms. The number of ketones is 1. The van der Waals surface area contributed by atoms with E-state index in [2.05, 4.69) is 10.6 Å². The van der Waals surface area contributed by atoms with E-state index in [0.717, 1.165) is 6.07 Å². The van der Waals surface area contributed by atoms with Crippen molar-refractivity contribution in [1.82, 2.24) is 5.32 Å². The van der Waals surface area contributed by atoms with Crippen LogP contribution in [-0.2, 0) is 14.3 Å². The van der Waals surface area contributed by atoms with Gasteiger partial charge in [-0.05, 0) is 30.3 Å². The number of anilines is 1. The zero-order valence-electron chi connectivity index (χ0n) is 16.7. The highest BCUT2D eigenvalue weighted by atomic mass is 16.6. The zero-order chi connectivity index (χ0) is 23.3. The molecule has 0 saturated heterocycles. The average Bonchev–Trinajstić information content (AvgIpc) is 2.79. The standard InChI is InChI=1S/C20H17N3O9/c1-30-17-5-3-12(7-14(17)23(28)29)20(27)21-8-19(26)32-9-15(24)11-2-4-16-13(6-11)22-18(25)10-31-16/h2-7H,8-10H2,1H3,(H,21,27)(H,22,25). The van der Waals surface area contributed by atoms with Gasteiger partial charge in [0.05, 0.1) is 17.7 Å². The van der Waals surface area contributed by atoms with E-state index in [1.54, 1.807) is 0 Å². The molecular weight excluding hydrogens is 426 g/mol. The SMILES string of the molecule is COc1ccc(C(=O)NCC(=O)OCC(=O)c2ccc3c(c2)NC(=O)CO3)cc1[N+](=O)[O-]. The van der Waals surface area contributed by atoms with Crippen molar-refractivity contribution in [2.24, 2.45) is 0 Å². The van der Waals surface area contributed by atoms with Gasteiger partial charge in [0.2, 0.25) is 0 Å². The van der Waals surface area contributed by atoms with Gasteiger partial charge < -0.3 is 24.8 Å². The van der Waals surface area contributed by atoms with E-state index in [1.807, 2.05) is 0 Å². The Hall–Kier alpha value is -4.48. The number of amides is 2. The van der Waals surface area contributed by atoms with Crippen LogP contribution in [0, 0.1) is 10.1 Å². The summed E-state index contributed by atoms with van der Waals surface area (Å²) in [6.45, 7) is -1.26. The average molecular weight is 443 g/mol. The van der Waals surface area contributed by atoms with E-state index < -0.39 is 41.4 Å². The summed E-state index contributed by atoms with van der Waals surface area (Å²) in [5.41, 5.74) is 0.0656. The molecule has 0 aromatic heterocycles. The number of carbonyl (C=O) groups excluding carboxylic acids is 4. The summed E-state index contributed by atoms with van der Waals surface area (Å²) in [7, 11) is 1.26.